The Labute approximate surface area is 105 Å². The Morgan fingerprint density at radius 3 is 2.78 bits per heavy atom. The van der Waals surface area contributed by atoms with Crippen LogP contribution >= 0.6 is 0 Å². The highest BCUT2D eigenvalue weighted by Gasteiger charge is 2.17. The Bertz CT molecular complexity index is 520. The smallest absolute Gasteiger partial charge is 0.322 e. The summed E-state index contributed by atoms with van der Waals surface area (Å²) in [6, 6.07) is 10.7. The van der Waals surface area contributed by atoms with Gasteiger partial charge in [-0.05, 0) is 24.1 Å². The zero-order valence-electron chi connectivity index (χ0n) is 10.1. The first-order chi connectivity index (χ1) is 8.72. The van der Waals surface area contributed by atoms with E-state index >= 15 is 0 Å². The molecule has 0 saturated heterocycles. The van der Waals surface area contributed by atoms with Crippen molar-refractivity contribution in [2.75, 3.05) is 7.11 Å². The molecule has 0 aliphatic rings. The largest absolute Gasteiger partial charge is 0.468 e. The van der Waals surface area contributed by atoms with E-state index in [9.17, 15) is 4.79 Å². The van der Waals surface area contributed by atoms with Crippen molar-refractivity contribution >= 4 is 5.97 Å². The van der Waals surface area contributed by atoms with Gasteiger partial charge in [0.1, 0.15) is 11.8 Å². The van der Waals surface area contributed by atoms with Gasteiger partial charge in [0.15, 0.2) is 0 Å². The van der Waals surface area contributed by atoms with Crippen LogP contribution in [0, 0.1) is 0 Å². The molecule has 0 spiro atoms. The number of carbonyl (C=O) groups is 1. The maximum absolute atomic E-state index is 11.3. The Kier molecular flexibility index (Phi) is 3.79. The minimum Gasteiger partial charge on any atom is -0.468 e. The minimum atomic E-state index is -0.661. The molecule has 2 rings (SSSR count). The number of ether oxygens (including phenoxy) is 1. The summed E-state index contributed by atoms with van der Waals surface area (Å²) in [6.45, 7) is 0. The van der Waals surface area contributed by atoms with Crippen molar-refractivity contribution in [2.24, 2.45) is 5.73 Å². The second-order valence-electron chi connectivity index (χ2n) is 3.97. The molecule has 1 atom stereocenters. The van der Waals surface area contributed by atoms with Gasteiger partial charge in [-0.2, -0.15) is 0 Å². The predicted octanol–water partition coefficient (Wildman–Crippen LogP) is 1.99. The molecule has 0 aliphatic heterocycles. The Morgan fingerprint density at radius 1 is 1.33 bits per heavy atom. The summed E-state index contributed by atoms with van der Waals surface area (Å²) in [4.78, 5) is 11.3. The molecule has 1 aromatic heterocycles. The number of rotatable bonds is 4. The third kappa shape index (κ3) is 2.60. The number of carbonyl (C=O) groups excluding carboxylic acids is 1. The Balaban J connectivity index is 2.26. The highest BCUT2D eigenvalue weighted by Crippen LogP contribution is 2.24. The van der Waals surface area contributed by atoms with E-state index in [0.717, 1.165) is 16.9 Å². The van der Waals surface area contributed by atoms with Crippen molar-refractivity contribution in [3.63, 3.8) is 0 Å². The fourth-order valence-corrected chi connectivity index (χ4v) is 1.84. The number of nitrogens with two attached hydrogens (primary N) is 1. The van der Waals surface area contributed by atoms with Gasteiger partial charge in [0.2, 0.25) is 0 Å². The van der Waals surface area contributed by atoms with E-state index in [0.29, 0.717) is 6.42 Å². The molecule has 2 aromatic rings. The van der Waals surface area contributed by atoms with Gasteiger partial charge >= 0.3 is 5.97 Å². The molecular formula is C14H15NO3. The molecule has 0 fully saturated rings. The fraction of sp³-hybridized carbons (Fsp3) is 0.214. The molecule has 94 valence electrons. The molecule has 0 radical (unpaired) electrons. The molecule has 0 amide bonds. The van der Waals surface area contributed by atoms with Crippen LogP contribution in [0.5, 0.6) is 0 Å². The second-order valence-corrected chi connectivity index (χ2v) is 3.97. The van der Waals surface area contributed by atoms with E-state index in [4.69, 9.17) is 10.2 Å². The van der Waals surface area contributed by atoms with Crippen LogP contribution in [0.4, 0.5) is 0 Å². The van der Waals surface area contributed by atoms with Crippen LogP contribution < -0.4 is 5.73 Å². The monoisotopic (exact) mass is 245 g/mol. The van der Waals surface area contributed by atoms with Crippen LogP contribution in [0.1, 0.15) is 5.56 Å². The molecule has 2 N–H and O–H groups in total. The van der Waals surface area contributed by atoms with Gasteiger partial charge < -0.3 is 14.9 Å². The molecule has 4 nitrogen and oxygen atoms in total. The summed E-state index contributed by atoms with van der Waals surface area (Å²) < 4.78 is 10.00. The van der Waals surface area contributed by atoms with E-state index in [1.54, 1.807) is 6.26 Å². The lowest BCUT2D eigenvalue weighted by Gasteiger charge is -2.11. The standard InChI is InChI=1S/C14H15NO3/c1-17-14(16)12(15)9-10-5-2-3-6-11(10)13-7-4-8-18-13/h2-8,12H,9,15H2,1H3. The van der Waals surface area contributed by atoms with E-state index in [-0.39, 0.29) is 0 Å². The normalized spacial score (nSPS) is 12.1. The average Bonchev–Trinajstić information content (AvgIpc) is 2.92. The highest BCUT2D eigenvalue weighted by atomic mass is 16.5. The van der Waals surface area contributed by atoms with E-state index in [1.807, 2.05) is 36.4 Å². The summed E-state index contributed by atoms with van der Waals surface area (Å²) in [5.74, 6) is 0.354. The van der Waals surface area contributed by atoms with Gasteiger partial charge in [-0.15, -0.1) is 0 Å². The van der Waals surface area contributed by atoms with Gasteiger partial charge in [0.05, 0.1) is 13.4 Å². The number of hydrogen-bond acceptors (Lipinski definition) is 4. The van der Waals surface area contributed by atoms with Crippen molar-refractivity contribution in [2.45, 2.75) is 12.5 Å². The lowest BCUT2D eigenvalue weighted by molar-refractivity contribution is -0.142. The quantitative estimate of drug-likeness (QED) is 0.836. The predicted molar refractivity (Wildman–Crippen MR) is 67.8 cm³/mol. The first kappa shape index (κ1) is 12.4. The molecule has 1 aromatic carbocycles. The maximum Gasteiger partial charge on any atom is 0.322 e. The summed E-state index contributed by atoms with van der Waals surface area (Å²) in [5.41, 5.74) is 7.69. The van der Waals surface area contributed by atoms with Gasteiger partial charge in [-0.25, -0.2) is 0 Å². The van der Waals surface area contributed by atoms with Crippen molar-refractivity contribution in [3.8, 4) is 11.3 Å². The number of hydrogen-bond donors (Lipinski definition) is 1. The third-order valence-corrected chi connectivity index (χ3v) is 2.75. The van der Waals surface area contributed by atoms with Crippen molar-refractivity contribution in [3.05, 3.63) is 48.2 Å². The van der Waals surface area contributed by atoms with Crippen LogP contribution in [0.2, 0.25) is 0 Å². The Hall–Kier alpha value is -2.07. The lowest BCUT2D eigenvalue weighted by Crippen LogP contribution is -2.33. The average molecular weight is 245 g/mol. The summed E-state index contributed by atoms with van der Waals surface area (Å²) in [5, 5.41) is 0. The van der Waals surface area contributed by atoms with E-state index < -0.39 is 12.0 Å². The number of esters is 1. The van der Waals surface area contributed by atoms with Gasteiger partial charge in [-0.1, -0.05) is 24.3 Å². The molecular weight excluding hydrogens is 230 g/mol. The van der Waals surface area contributed by atoms with Crippen LogP contribution in [0.15, 0.2) is 47.1 Å². The topological polar surface area (TPSA) is 65.5 Å². The zero-order valence-corrected chi connectivity index (χ0v) is 10.1. The highest BCUT2D eigenvalue weighted by molar-refractivity contribution is 5.76. The first-order valence-electron chi connectivity index (χ1n) is 5.67. The van der Waals surface area contributed by atoms with Crippen LogP contribution in [0.3, 0.4) is 0 Å². The van der Waals surface area contributed by atoms with Crippen molar-refractivity contribution in [1.82, 2.24) is 0 Å². The maximum atomic E-state index is 11.3. The fourth-order valence-electron chi connectivity index (χ4n) is 1.84. The number of furan rings is 1. The van der Waals surface area contributed by atoms with Crippen molar-refractivity contribution in [1.29, 1.82) is 0 Å². The zero-order chi connectivity index (χ0) is 13.0. The summed E-state index contributed by atoms with van der Waals surface area (Å²) >= 11 is 0. The van der Waals surface area contributed by atoms with Crippen LogP contribution in [0.25, 0.3) is 11.3 Å². The SMILES string of the molecule is COC(=O)C(N)Cc1ccccc1-c1ccco1. The third-order valence-electron chi connectivity index (χ3n) is 2.75. The van der Waals surface area contributed by atoms with E-state index in [2.05, 4.69) is 4.74 Å². The van der Waals surface area contributed by atoms with Crippen molar-refractivity contribution < 1.29 is 13.9 Å². The molecule has 0 bridgehead atoms. The minimum absolute atomic E-state index is 0.413. The first-order valence-corrected chi connectivity index (χ1v) is 5.67. The molecule has 0 aliphatic carbocycles. The van der Waals surface area contributed by atoms with Gasteiger partial charge in [-0.3, -0.25) is 4.79 Å². The summed E-state index contributed by atoms with van der Waals surface area (Å²) in [7, 11) is 1.33. The molecule has 18 heavy (non-hydrogen) atoms. The number of benzene rings is 1. The van der Waals surface area contributed by atoms with Crippen LogP contribution in [-0.4, -0.2) is 19.1 Å². The summed E-state index contributed by atoms with van der Waals surface area (Å²) in [6.07, 6.45) is 2.04. The van der Waals surface area contributed by atoms with Gasteiger partial charge in [0.25, 0.3) is 0 Å². The molecule has 1 heterocycles. The number of methoxy groups -OCH3 is 1. The Morgan fingerprint density at radius 2 is 2.11 bits per heavy atom. The second kappa shape index (κ2) is 5.51. The molecule has 1 unspecified atom stereocenters. The van der Waals surface area contributed by atoms with Gasteiger partial charge in [0, 0.05) is 5.56 Å². The molecule has 4 heteroatoms. The molecule has 0 saturated carbocycles. The van der Waals surface area contributed by atoms with E-state index in [1.165, 1.54) is 7.11 Å². The lowest BCUT2D eigenvalue weighted by atomic mass is 9.99. The van der Waals surface area contributed by atoms with Crippen LogP contribution in [-0.2, 0) is 16.0 Å².